The van der Waals surface area contributed by atoms with E-state index in [0.717, 1.165) is 141 Å². The van der Waals surface area contributed by atoms with Crippen molar-refractivity contribution in [3.63, 3.8) is 0 Å². The molecule has 0 aromatic heterocycles. The first-order valence-corrected chi connectivity index (χ1v) is 39.6. The maximum atomic E-state index is 13.3. The summed E-state index contributed by atoms with van der Waals surface area (Å²) in [7, 11) is -13.6. The Kier molecular flexibility index (Phi) is 21.8. The molecule has 17 rings (SSSR count). The molecule has 3 heterocycles. The van der Waals surface area contributed by atoms with Crippen LogP contribution in [0.3, 0.4) is 0 Å². The average Bonchev–Trinajstić information content (AvgIpc) is 1.60. The number of benzene rings is 3. The molecule has 21 nitrogen and oxygen atoms in total. The standard InChI is InChI=1S/2C22H28O6S.C20H22O9S2.3C2H6/c23-19(28-17-3-5-18(6-4-17)29(25,26)27)20-10-15-9-16(11-20)13-21(12-15,14-20)22(24)7-1-2-8-22;23-20(28-17-3-5-18(6-4-17)29(25,26)27)19-15-9-14-10-16(19)13-21(11-14,12-15)22(24)7-1-2-8-22;21-12(28-10-3-5-11(6-4-10)31(24,25)26)9-27-15-16-17-13(19(22)29-16)14(18(15)30-17)20(23)7-1-2-8-20;3*1-2/h3-6,15-16,24H,1-2,7-14H2,(H,25,26,27);3-6,14-16,19,24H,1-2,7-13H2,(H,25,26,27);3-6,13-18,23H,1-2,7-9H2,(H,24,25,26);3*1-2H3/p-3. The second-order valence-electron chi connectivity index (χ2n) is 28.4. The summed E-state index contributed by atoms with van der Waals surface area (Å²) in [6.07, 6.45) is 20.4. The molecule has 3 N–H and O–H groups in total. The third-order valence-corrected chi connectivity index (χ3v) is 27.6. The zero-order chi connectivity index (χ0) is 68.9. The number of hydrogen-bond acceptors (Lipinski definition) is 22. The molecule has 526 valence electrons. The molecule has 0 radical (unpaired) electrons. The van der Waals surface area contributed by atoms with Crippen LogP contribution in [0.2, 0.25) is 0 Å². The third kappa shape index (κ3) is 14.3. The maximum Gasteiger partial charge on any atom is 0.337 e. The van der Waals surface area contributed by atoms with Gasteiger partial charge >= 0.3 is 23.9 Å². The van der Waals surface area contributed by atoms with Crippen molar-refractivity contribution in [2.75, 3.05) is 6.61 Å². The molecule has 11 aliphatic carbocycles. The summed E-state index contributed by atoms with van der Waals surface area (Å²) in [6, 6.07) is 14.7. The van der Waals surface area contributed by atoms with Gasteiger partial charge in [0.25, 0.3) is 0 Å². The molecular formula is C70H93O21S4-3. The van der Waals surface area contributed by atoms with Crippen LogP contribution in [-0.4, -0.2) is 124 Å². The second-order valence-corrected chi connectivity index (χ2v) is 33.9. The average molecular weight is 1400 g/mol. The number of ether oxygens (including phenoxy) is 5. The van der Waals surface area contributed by atoms with Gasteiger partial charge in [-0.25, -0.2) is 30.0 Å². The molecule has 0 spiro atoms. The zero-order valence-electron chi connectivity index (χ0n) is 55.2. The van der Waals surface area contributed by atoms with E-state index in [0.29, 0.717) is 37.0 Å². The first-order chi connectivity index (χ1) is 45.0. The Labute approximate surface area is 563 Å². The van der Waals surface area contributed by atoms with Crippen LogP contribution < -0.4 is 14.2 Å². The van der Waals surface area contributed by atoms with E-state index in [1.807, 2.05) is 41.5 Å². The molecule has 3 saturated heterocycles. The van der Waals surface area contributed by atoms with Crippen LogP contribution in [0.1, 0.15) is 189 Å². The third-order valence-electron chi connectivity index (χ3n) is 23.3. The number of rotatable bonds is 14. The number of carbonyl (C=O) groups is 4. The SMILES string of the molecule is CC.CC.CC.O=C(COC1C2OC(=O)C3C2SC1C3C1(O)CCCC1)Oc1ccc(S(=O)(=O)[O-])cc1.O=C(Oc1ccc(S(=O)(=O)[O-])cc1)C12CC3CC(C1)CC(C1(O)CCCC1)(C3)C2.O=C(Oc1ccc(S(=O)(=O)[O-])cc1)C1C2CC3CC1CC(C1(O)CCCC1)(C3)C2. The smallest absolute Gasteiger partial charge is 0.337 e. The number of hydrogen-bond donors (Lipinski definition) is 3. The van der Waals surface area contributed by atoms with Gasteiger partial charge in [0.05, 0.1) is 54.0 Å². The summed E-state index contributed by atoms with van der Waals surface area (Å²) in [5.74, 6) is 0.350. The van der Waals surface area contributed by atoms with Crippen molar-refractivity contribution in [2.45, 2.75) is 243 Å². The summed E-state index contributed by atoms with van der Waals surface area (Å²) in [4.78, 5) is 50.0. The first kappa shape index (κ1) is 73.2. The predicted octanol–water partition coefficient (Wildman–Crippen LogP) is 10.6. The van der Waals surface area contributed by atoms with Crippen molar-refractivity contribution in [1.82, 2.24) is 0 Å². The van der Waals surface area contributed by atoms with Crippen LogP contribution in [0.25, 0.3) is 0 Å². The van der Waals surface area contributed by atoms with Crippen LogP contribution in [0.4, 0.5) is 0 Å². The van der Waals surface area contributed by atoms with Gasteiger partial charge in [0.15, 0.2) is 0 Å². The van der Waals surface area contributed by atoms with Crippen molar-refractivity contribution < 1.29 is 97.1 Å². The summed E-state index contributed by atoms with van der Waals surface area (Å²) in [6.45, 7) is 11.6. The lowest BCUT2D eigenvalue weighted by Crippen LogP contribution is -2.62. The molecule has 3 aliphatic heterocycles. The molecule has 14 aliphatic rings. The van der Waals surface area contributed by atoms with Gasteiger partial charge < -0.3 is 52.7 Å². The van der Waals surface area contributed by atoms with E-state index in [1.165, 1.54) is 60.7 Å². The summed E-state index contributed by atoms with van der Waals surface area (Å²) in [5.41, 5.74) is -2.88. The first-order valence-electron chi connectivity index (χ1n) is 34.5. The lowest BCUT2D eigenvalue weighted by molar-refractivity contribution is -0.211. The second kappa shape index (κ2) is 28.2. The van der Waals surface area contributed by atoms with E-state index in [9.17, 15) is 73.4 Å². The van der Waals surface area contributed by atoms with Crippen molar-refractivity contribution in [1.29, 1.82) is 0 Å². The highest BCUT2D eigenvalue weighted by molar-refractivity contribution is 8.01. The minimum Gasteiger partial charge on any atom is -0.744 e. The molecule has 14 fully saturated rings. The predicted molar refractivity (Wildman–Crippen MR) is 345 cm³/mol. The van der Waals surface area contributed by atoms with E-state index in [4.69, 9.17) is 23.7 Å². The van der Waals surface area contributed by atoms with Gasteiger partial charge in [0, 0.05) is 16.6 Å². The topological polar surface area (TPSA) is 347 Å². The largest absolute Gasteiger partial charge is 0.744 e. The summed E-state index contributed by atoms with van der Waals surface area (Å²) in [5, 5.41) is 33.9. The Morgan fingerprint density at radius 1 is 0.537 bits per heavy atom. The van der Waals surface area contributed by atoms with Gasteiger partial charge in [0.2, 0.25) is 0 Å². The molecule has 0 amide bonds. The van der Waals surface area contributed by atoms with E-state index in [-0.39, 0.29) is 102 Å². The van der Waals surface area contributed by atoms with Gasteiger partial charge in [-0.3, -0.25) is 14.4 Å². The molecule has 3 aromatic carbocycles. The van der Waals surface area contributed by atoms with E-state index < -0.39 is 75.6 Å². The summed E-state index contributed by atoms with van der Waals surface area (Å²) < 4.78 is 127. The zero-order valence-corrected chi connectivity index (χ0v) is 58.4. The molecule has 10 bridgehead atoms. The number of thioether (sulfide) groups is 1. The Balaban J connectivity index is 0.000000149. The van der Waals surface area contributed by atoms with Gasteiger partial charge in [-0.2, -0.15) is 0 Å². The van der Waals surface area contributed by atoms with Crippen LogP contribution >= 0.6 is 11.8 Å². The Hall–Kier alpha value is -4.54. The fourth-order valence-corrected chi connectivity index (χ4v) is 23.8. The van der Waals surface area contributed by atoms with E-state index >= 15 is 0 Å². The van der Waals surface area contributed by atoms with Gasteiger partial charge in [-0.15, -0.1) is 11.8 Å². The van der Waals surface area contributed by atoms with Gasteiger partial charge in [-0.05, 0) is 217 Å². The van der Waals surface area contributed by atoms with Crippen molar-refractivity contribution in [3.05, 3.63) is 72.8 Å². The van der Waals surface area contributed by atoms with Crippen LogP contribution in [0.5, 0.6) is 17.2 Å². The van der Waals surface area contributed by atoms with Crippen molar-refractivity contribution in [2.24, 2.45) is 63.6 Å². The lowest BCUT2D eigenvalue weighted by Gasteiger charge is -2.64. The lowest BCUT2D eigenvalue weighted by atomic mass is 9.40. The van der Waals surface area contributed by atoms with Crippen LogP contribution in [0, 0.1) is 63.6 Å². The Morgan fingerprint density at radius 3 is 1.42 bits per heavy atom. The minimum absolute atomic E-state index is 0.0269. The highest BCUT2D eigenvalue weighted by Crippen LogP contribution is 2.71. The fraction of sp³-hybridized carbons (Fsp3) is 0.686. The molecule has 10 atom stereocenters. The molecule has 11 saturated carbocycles. The quantitative estimate of drug-likeness (QED) is 0.0767. The Bertz CT molecular complexity index is 3570. The van der Waals surface area contributed by atoms with Gasteiger partial charge in [-0.1, -0.05) is 80.1 Å². The maximum absolute atomic E-state index is 13.3. The summed E-state index contributed by atoms with van der Waals surface area (Å²) >= 11 is 1.61. The molecule has 10 unspecified atom stereocenters. The van der Waals surface area contributed by atoms with Crippen LogP contribution in [0.15, 0.2) is 87.5 Å². The monoisotopic (exact) mass is 1400 g/mol. The molecular weight excluding hydrogens is 1310 g/mol. The molecule has 3 aromatic rings. The number of carbonyl (C=O) groups excluding carboxylic acids is 4. The molecule has 25 heteroatoms. The highest BCUT2D eigenvalue weighted by Gasteiger charge is 2.72. The van der Waals surface area contributed by atoms with Crippen LogP contribution in [-0.2, 0) is 59.0 Å². The minimum atomic E-state index is -4.58. The van der Waals surface area contributed by atoms with E-state index in [1.54, 1.807) is 11.8 Å². The number of fused-ring (bicyclic) bond motifs is 1. The van der Waals surface area contributed by atoms with Crippen molar-refractivity contribution >= 4 is 66.0 Å². The van der Waals surface area contributed by atoms with E-state index in [2.05, 4.69) is 0 Å². The Morgan fingerprint density at radius 2 is 0.958 bits per heavy atom. The fourth-order valence-electron chi connectivity index (χ4n) is 20.2. The normalized spacial score (nSPS) is 34.7. The van der Waals surface area contributed by atoms with Crippen molar-refractivity contribution in [3.8, 4) is 17.2 Å². The molecule has 95 heavy (non-hydrogen) atoms. The van der Waals surface area contributed by atoms with Gasteiger partial charge in [0.1, 0.15) is 66.4 Å². The number of aliphatic hydroxyl groups is 3. The highest BCUT2D eigenvalue weighted by atomic mass is 32.2. The number of esters is 4.